The lowest BCUT2D eigenvalue weighted by Gasteiger charge is -2.27. The smallest absolute Gasteiger partial charge is 0.243 e. The predicted molar refractivity (Wildman–Crippen MR) is 122 cm³/mol. The van der Waals surface area contributed by atoms with Gasteiger partial charge in [0.1, 0.15) is 18.0 Å². The van der Waals surface area contributed by atoms with E-state index in [4.69, 9.17) is 11.6 Å². The Bertz CT molecular complexity index is 1290. The second-order valence-electron chi connectivity index (χ2n) is 8.93. The molecule has 1 aliphatic heterocycles. The Morgan fingerprint density at radius 2 is 2.03 bits per heavy atom. The molecule has 2 aromatic heterocycles. The lowest BCUT2D eigenvalue weighted by Crippen LogP contribution is -2.44. The molecule has 0 N–H and O–H groups in total. The summed E-state index contributed by atoms with van der Waals surface area (Å²) in [5.41, 5.74) is 1.49. The summed E-state index contributed by atoms with van der Waals surface area (Å²) >= 11 is 5.85. The third-order valence-corrected chi connectivity index (χ3v) is 7.08. The fraction of sp³-hybridized carbons (Fsp3) is 0.360. The van der Waals surface area contributed by atoms with E-state index in [0.29, 0.717) is 34.6 Å². The highest BCUT2D eigenvalue weighted by Crippen LogP contribution is 2.50. The molecular formula is C25H23ClFN3O3. The zero-order valence-electron chi connectivity index (χ0n) is 18.1. The zero-order chi connectivity index (χ0) is 23.3. The monoisotopic (exact) mass is 467 g/mol. The second-order valence-corrected chi connectivity index (χ2v) is 9.34. The normalized spacial score (nSPS) is 21.3. The summed E-state index contributed by atoms with van der Waals surface area (Å²) in [6.07, 6.45) is 4.62. The number of aryl methyl sites for hydroxylation is 1. The third-order valence-electron chi connectivity index (χ3n) is 6.79. The summed E-state index contributed by atoms with van der Waals surface area (Å²) in [5.74, 6) is -0.289. The van der Waals surface area contributed by atoms with Crippen molar-refractivity contribution in [2.45, 2.75) is 38.8 Å². The molecule has 5 rings (SSSR count). The van der Waals surface area contributed by atoms with Crippen LogP contribution < -0.4 is 0 Å². The van der Waals surface area contributed by atoms with Crippen LogP contribution in [0.1, 0.15) is 35.7 Å². The molecule has 2 fully saturated rings. The summed E-state index contributed by atoms with van der Waals surface area (Å²) < 4.78 is 15.9. The van der Waals surface area contributed by atoms with Gasteiger partial charge in [0.15, 0.2) is 11.6 Å². The Hall–Kier alpha value is -3.06. The van der Waals surface area contributed by atoms with E-state index >= 15 is 0 Å². The van der Waals surface area contributed by atoms with E-state index in [1.807, 2.05) is 6.07 Å². The van der Waals surface area contributed by atoms with E-state index in [0.717, 1.165) is 6.42 Å². The second kappa shape index (κ2) is 8.37. The van der Waals surface area contributed by atoms with Gasteiger partial charge in [-0.25, -0.2) is 9.37 Å². The molecular weight excluding hydrogens is 445 g/mol. The number of rotatable bonds is 7. The number of piperidine rings is 1. The average Bonchev–Trinajstić information content (AvgIpc) is 3.30. The van der Waals surface area contributed by atoms with Crippen LogP contribution in [-0.4, -0.2) is 44.5 Å². The van der Waals surface area contributed by atoms with Crippen LogP contribution in [0.5, 0.6) is 0 Å². The van der Waals surface area contributed by atoms with Crippen molar-refractivity contribution in [3.63, 3.8) is 0 Å². The lowest BCUT2D eigenvalue weighted by atomic mass is 10.00. The Balaban J connectivity index is 1.32. The van der Waals surface area contributed by atoms with Crippen LogP contribution in [0.2, 0.25) is 5.02 Å². The summed E-state index contributed by atoms with van der Waals surface area (Å²) in [6.45, 7) is 2.05. The lowest BCUT2D eigenvalue weighted by molar-refractivity contribution is -0.139. The first-order valence-corrected chi connectivity index (χ1v) is 11.4. The molecule has 1 saturated carbocycles. The maximum absolute atomic E-state index is 14.2. The van der Waals surface area contributed by atoms with E-state index in [2.05, 4.69) is 4.98 Å². The van der Waals surface area contributed by atoms with Crippen molar-refractivity contribution in [3.05, 3.63) is 64.7 Å². The highest BCUT2D eigenvalue weighted by molar-refractivity contribution is 6.30. The minimum Gasteiger partial charge on any atom is -0.331 e. The number of carbonyl (C=O) groups is 3. The van der Waals surface area contributed by atoms with E-state index in [1.165, 1.54) is 13.0 Å². The number of likely N-dealkylation sites (tertiary alicyclic amines) is 1. The number of halogens is 2. The van der Waals surface area contributed by atoms with Crippen LogP contribution in [0.15, 0.2) is 42.7 Å². The molecule has 1 aromatic carbocycles. The van der Waals surface area contributed by atoms with Gasteiger partial charge in [-0.05, 0) is 55.4 Å². The predicted octanol–water partition coefficient (Wildman–Crippen LogP) is 4.08. The molecule has 1 saturated heterocycles. The van der Waals surface area contributed by atoms with Crippen molar-refractivity contribution in [2.24, 2.45) is 11.8 Å². The zero-order valence-corrected chi connectivity index (χ0v) is 18.9. The van der Waals surface area contributed by atoms with Crippen LogP contribution in [0.3, 0.4) is 0 Å². The first-order valence-electron chi connectivity index (χ1n) is 11.0. The van der Waals surface area contributed by atoms with Crippen LogP contribution >= 0.6 is 11.6 Å². The number of fused-ring (bicyclic) bond motifs is 2. The van der Waals surface area contributed by atoms with Crippen molar-refractivity contribution in [3.8, 4) is 0 Å². The molecule has 6 nitrogen and oxygen atoms in total. The molecule has 3 heterocycles. The van der Waals surface area contributed by atoms with Gasteiger partial charge in [0.25, 0.3) is 0 Å². The highest BCUT2D eigenvalue weighted by Gasteiger charge is 2.56. The standard InChI is InChI=1S/C25H23ClFN3O3/c1-14(31)19-12-29(25-17(19)5-3-9-28-25)13-22(33)30-11-16-10-18(16)24(30)21(32)8-7-15-4-2-6-20(26)23(15)27/h2-6,9,12,16,18,24H,7-8,10-11,13H2,1H3/t16-,18-,24+/m1/s1. The molecule has 33 heavy (non-hydrogen) atoms. The minimum atomic E-state index is -0.496. The van der Waals surface area contributed by atoms with Crippen molar-refractivity contribution in [1.29, 1.82) is 0 Å². The number of nitrogens with zero attached hydrogens (tertiary/aromatic N) is 3. The van der Waals surface area contributed by atoms with Crippen LogP contribution in [0.25, 0.3) is 11.0 Å². The number of Topliss-reactive ketones (excluding diaryl/α,β-unsaturated/α-hetero) is 2. The van der Waals surface area contributed by atoms with Gasteiger partial charge in [0.2, 0.25) is 5.91 Å². The molecule has 170 valence electrons. The largest absolute Gasteiger partial charge is 0.331 e. The molecule has 2 aliphatic rings. The van der Waals surface area contributed by atoms with E-state index < -0.39 is 11.9 Å². The molecule has 3 aromatic rings. The number of amides is 1. The van der Waals surface area contributed by atoms with Gasteiger partial charge >= 0.3 is 0 Å². The molecule has 0 radical (unpaired) electrons. The molecule has 8 heteroatoms. The number of ketones is 2. The van der Waals surface area contributed by atoms with Crippen molar-refractivity contribution < 1.29 is 18.8 Å². The number of benzene rings is 1. The van der Waals surface area contributed by atoms with Crippen molar-refractivity contribution in [2.75, 3.05) is 6.54 Å². The molecule has 0 unspecified atom stereocenters. The van der Waals surface area contributed by atoms with Crippen molar-refractivity contribution in [1.82, 2.24) is 14.5 Å². The van der Waals surface area contributed by atoms with Crippen LogP contribution in [0, 0.1) is 17.7 Å². The Morgan fingerprint density at radius 1 is 1.21 bits per heavy atom. The maximum Gasteiger partial charge on any atom is 0.243 e. The average molecular weight is 468 g/mol. The van der Waals surface area contributed by atoms with Gasteiger partial charge in [0, 0.05) is 36.3 Å². The first kappa shape index (κ1) is 21.8. The minimum absolute atomic E-state index is 0.00688. The van der Waals surface area contributed by atoms with Gasteiger partial charge in [-0.3, -0.25) is 14.4 Å². The number of hydrogen-bond donors (Lipinski definition) is 0. The topological polar surface area (TPSA) is 72.3 Å². The quantitative estimate of drug-likeness (QED) is 0.491. The Labute approximate surface area is 195 Å². The molecule has 0 bridgehead atoms. The molecule has 1 aliphatic carbocycles. The molecule has 1 amide bonds. The molecule has 3 atom stereocenters. The fourth-order valence-corrected chi connectivity index (χ4v) is 5.24. The van der Waals surface area contributed by atoms with Crippen LogP contribution in [-0.2, 0) is 22.6 Å². The van der Waals surface area contributed by atoms with Crippen LogP contribution in [0.4, 0.5) is 4.39 Å². The van der Waals surface area contributed by atoms with Gasteiger partial charge in [0.05, 0.1) is 11.1 Å². The Morgan fingerprint density at radius 3 is 2.82 bits per heavy atom. The van der Waals surface area contributed by atoms with E-state index in [1.54, 1.807) is 40.1 Å². The number of aromatic nitrogens is 2. The Kier molecular flexibility index (Phi) is 5.52. The highest BCUT2D eigenvalue weighted by atomic mass is 35.5. The third kappa shape index (κ3) is 3.95. The maximum atomic E-state index is 14.2. The number of carbonyl (C=O) groups excluding carboxylic acids is 3. The summed E-state index contributed by atoms with van der Waals surface area (Å²) in [5, 5.41) is 0.746. The van der Waals surface area contributed by atoms with Gasteiger partial charge in [-0.15, -0.1) is 0 Å². The summed E-state index contributed by atoms with van der Waals surface area (Å²) in [6, 6.07) is 7.86. The SMILES string of the molecule is CC(=O)c1cn(CC(=O)N2C[C@H]3C[C@H]3[C@H]2C(=O)CCc2cccc(Cl)c2F)c2ncccc12. The van der Waals surface area contributed by atoms with E-state index in [-0.39, 0.29) is 47.8 Å². The fourth-order valence-electron chi connectivity index (χ4n) is 5.04. The number of hydrogen-bond acceptors (Lipinski definition) is 4. The van der Waals surface area contributed by atoms with E-state index in [9.17, 15) is 18.8 Å². The summed E-state index contributed by atoms with van der Waals surface area (Å²) in [7, 11) is 0. The van der Waals surface area contributed by atoms with Crippen molar-refractivity contribution >= 4 is 40.1 Å². The van der Waals surface area contributed by atoms with Gasteiger partial charge < -0.3 is 9.47 Å². The first-order chi connectivity index (χ1) is 15.8. The number of pyridine rings is 1. The van der Waals surface area contributed by atoms with Gasteiger partial charge in [-0.1, -0.05) is 23.7 Å². The summed E-state index contributed by atoms with van der Waals surface area (Å²) in [4.78, 5) is 44.4. The molecule has 0 spiro atoms. The van der Waals surface area contributed by atoms with Gasteiger partial charge in [-0.2, -0.15) is 0 Å².